The molecular weight excluding hydrogens is 974 g/mol. The third kappa shape index (κ3) is 14.1. The van der Waals surface area contributed by atoms with E-state index in [2.05, 4.69) is 90.9 Å². The molecule has 14 heteroatoms. The lowest BCUT2D eigenvalue weighted by Gasteiger charge is -2.45. The largest absolute Gasteiger partial charge is 0.444 e. The average molecular weight is 1050 g/mol. The van der Waals surface area contributed by atoms with Crippen LogP contribution in [0.1, 0.15) is 161 Å². The molecule has 2 amide bonds. The van der Waals surface area contributed by atoms with E-state index in [0.717, 1.165) is 89.9 Å². The summed E-state index contributed by atoms with van der Waals surface area (Å²) in [7, 11) is 0. The van der Waals surface area contributed by atoms with Crippen LogP contribution in [-0.2, 0) is 16.0 Å². The van der Waals surface area contributed by atoms with Crippen LogP contribution in [0, 0.1) is 5.41 Å². The van der Waals surface area contributed by atoms with Crippen molar-refractivity contribution in [1.29, 1.82) is 0 Å². The summed E-state index contributed by atoms with van der Waals surface area (Å²) in [6, 6.07) is 16.8. The Hall–Kier alpha value is -4.01. The third-order valence-electron chi connectivity index (χ3n) is 13.5. The topological polar surface area (TPSA) is 115 Å². The van der Waals surface area contributed by atoms with Gasteiger partial charge in [-0.1, -0.05) is 69.0 Å². The molecule has 0 unspecified atom stereocenters. The molecule has 0 atom stereocenters. The Morgan fingerprint density at radius 2 is 1.13 bits per heavy atom. The minimum Gasteiger partial charge on any atom is -0.444 e. The van der Waals surface area contributed by atoms with Gasteiger partial charge < -0.3 is 19.3 Å². The quantitative estimate of drug-likeness (QED) is 0.168. The van der Waals surface area contributed by atoms with Crippen molar-refractivity contribution in [2.45, 2.75) is 169 Å². The van der Waals surface area contributed by atoms with Gasteiger partial charge in [0.25, 0.3) is 0 Å². The van der Waals surface area contributed by atoms with E-state index in [9.17, 15) is 14.4 Å². The van der Waals surface area contributed by atoms with E-state index < -0.39 is 5.60 Å². The van der Waals surface area contributed by atoms with Crippen LogP contribution >= 0.6 is 31.9 Å². The summed E-state index contributed by atoms with van der Waals surface area (Å²) >= 11 is 7.03. The molecule has 0 radical (unpaired) electrons. The van der Waals surface area contributed by atoms with Crippen molar-refractivity contribution in [2.24, 2.45) is 5.41 Å². The number of benzene rings is 2. The first-order chi connectivity index (χ1) is 31.6. The number of amides is 2. The van der Waals surface area contributed by atoms with Gasteiger partial charge >= 0.3 is 12.2 Å². The maximum atomic E-state index is 12.6. The van der Waals surface area contributed by atoms with Gasteiger partial charge in [-0.05, 0) is 157 Å². The van der Waals surface area contributed by atoms with Gasteiger partial charge in [0, 0.05) is 88.4 Å². The lowest BCUT2D eigenvalue weighted by atomic mass is 9.77. The number of rotatable bonds is 7. The molecule has 2 aromatic carbocycles. The molecular formula is C53H75Br2N7O5. The number of halogens is 2. The smallest absolute Gasteiger partial charge is 0.410 e. The molecule has 3 saturated heterocycles. The van der Waals surface area contributed by atoms with Gasteiger partial charge in [0.15, 0.2) is 6.29 Å². The Morgan fingerprint density at radius 1 is 0.657 bits per heavy atom. The number of nitrogens with zero attached hydrogens (tertiary/aromatic N) is 7. The number of hydrogen-bond donors (Lipinski definition) is 0. The molecule has 3 aliphatic heterocycles. The summed E-state index contributed by atoms with van der Waals surface area (Å²) in [5.74, 6) is 0. The predicted molar refractivity (Wildman–Crippen MR) is 274 cm³/mol. The Labute approximate surface area is 416 Å². The number of aromatic nitrogens is 4. The van der Waals surface area contributed by atoms with Crippen molar-refractivity contribution in [3.05, 3.63) is 81.0 Å². The standard InChI is InChI=1S/C26H37BrN4O2.C14H25NO2.C13H13BrN2O/c1-19(2)31-18-21(23(28-31)20-8-6-9-22(27)16-20)17-30-13-7-10-26(30)11-14-29(15-12-26)24(32)33-25(3,4)5;1-13(2,3)17-12(16)15-10-8-14(9-11-15)6-4-5-7-14;1-9(2)16-7-11(8-17)13(15-16)10-4-3-5-12(14)6-10/h6,8-9,16,18-19H,7,10-15,17H2,1-5H3;4-11H2,1-3H3;3-9H,1-2H3. The van der Waals surface area contributed by atoms with E-state index in [1.165, 1.54) is 56.9 Å². The minimum absolute atomic E-state index is 0.134. The third-order valence-corrected chi connectivity index (χ3v) is 14.5. The van der Waals surface area contributed by atoms with E-state index in [-0.39, 0.29) is 29.4 Å². The van der Waals surface area contributed by atoms with Gasteiger partial charge in [0.05, 0.1) is 11.3 Å². The molecule has 2 spiro atoms. The van der Waals surface area contributed by atoms with Crippen LogP contribution in [0.4, 0.5) is 9.59 Å². The zero-order chi connectivity index (χ0) is 48.7. The molecule has 2 aromatic heterocycles. The minimum atomic E-state index is -0.453. The predicted octanol–water partition coefficient (Wildman–Crippen LogP) is 13.5. The van der Waals surface area contributed by atoms with Crippen molar-refractivity contribution in [3.63, 3.8) is 0 Å². The van der Waals surface area contributed by atoms with Crippen LogP contribution in [0.15, 0.2) is 69.9 Å². The van der Waals surface area contributed by atoms with E-state index in [0.29, 0.717) is 17.0 Å². The molecule has 1 aliphatic carbocycles. The van der Waals surface area contributed by atoms with Crippen LogP contribution in [0.2, 0.25) is 0 Å². The number of likely N-dealkylation sites (tertiary alicyclic amines) is 3. The fourth-order valence-electron chi connectivity index (χ4n) is 9.87. The van der Waals surface area contributed by atoms with Gasteiger partial charge in [0.1, 0.15) is 16.9 Å². The van der Waals surface area contributed by atoms with Crippen molar-refractivity contribution in [3.8, 4) is 22.5 Å². The fourth-order valence-corrected chi connectivity index (χ4v) is 10.7. The molecule has 366 valence electrons. The number of aldehydes is 1. The Balaban J connectivity index is 0.000000183. The van der Waals surface area contributed by atoms with Gasteiger partial charge in [0.2, 0.25) is 0 Å². The molecule has 5 heterocycles. The first-order valence-corrected chi connectivity index (χ1v) is 26.0. The molecule has 1 saturated carbocycles. The molecule has 4 fully saturated rings. The summed E-state index contributed by atoms with van der Waals surface area (Å²) in [6.45, 7) is 25.2. The van der Waals surface area contributed by atoms with Gasteiger partial charge in [-0.3, -0.25) is 19.1 Å². The summed E-state index contributed by atoms with van der Waals surface area (Å²) in [5.41, 5.74) is 5.69. The number of ether oxygens (including phenoxy) is 2. The summed E-state index contributed by atoms with van der Waals surface area (Å²) in [4.78, 5) is 42.0. The highest BCUT2D eigenvalue weighted by atomic mass is 79.9. The molecule has 0 bridgehead atoms. The van der Waals surface area contributed by atoms with Crippen molar-refractivity contribution in [2.75, 3.05) is 32.7 Å². The van der Waals surface area contributed by atoms with Gasteiger partial charge in [-0.25, -0.2) is 9.59 Å². The highest BCUT2D eigenvalue weighted by Gasteiger charge is 2.45. The fraction of sp³-hybridized carbons (Fsp3) is 0.604. The lowest BCUT2D eigenvalue weighted by Crippen LogP contribution is -2.53. The second kappa shape index (κ2) is 22.2. The average Bonchev–Trinajstić information content (AvgIpc) is 4.08. The number of carbonyl (C=O) groups is 3. The van der Waals surface area contributed by atoms with E-state index in [1.807, 2.05) is 89.5 Å². The zero-order valence-corrected chi connectivity index (χ0v) is 44.9. The number of hydrogen-bond acceptors (Lipinski definition) is 8. The molecule has 4 aromatic rings. The van der Waals surface area contributed by atoms with E-state index in [1.54, 1.807) is 10.9 Å². The van der Waals surface area contributed by atoms with Crippen LogP contribution in [0.5, 0.6) is 0 Å². The first-order valence-electron chi connectivity index (χ1n) is 24.4. The maximum absolute atomic E-state index is 12.6. The van der Waals surface area contributed by atoms with Crippen molar-refractivity contribution in [1.82, 2.24) is 34.3 Å². The highest BCUT2D eigenvalue weighted by Crippen LogP contribution is 2.46. The van der Waals surface area contributed by atoms with Crippen molar-refractivity contribution >= 4 is 50.3 Å². The second-order valence-corrected chi connectivity index (χ2v) is 23.4. The van der Waals surface area contributed by atoms with Crippen LogP contribution in [-0.4, -0.2) is 102 Å². The molecule has 4 aliphatic rings. The second-order valence-electron chi connectivity index (χ2n) is 21.6. The highest BCUT2D eigenvalue weighted by molar-refractivity contribution is 9.10. The maximum Gasteiger partial charge on any atom is 0.410 e. The monoisotopic (exact) mass is 1050 g/mol. The van der Waals surface area contributed by atoms with Crippen LogP contribution < -0.4 is 0 Å². The van der Waals surface area contributed by atoms with Crippen molar-refractivity contribution < 1.29 is 23.9 Å². The van der Waals surface area contributed by atoms with Crippen LogP contribution in [0.25, 0.3) is 22.5 Å². The first kappa shape index (κ1) is 52.4. The Kier molecular flexibility index (Phi) is 17.3. The summed E-state index contributed by atoms with van der Waals surface area (Å²) in [6.07, 6.45) is 16.8. The van der Waals surface area contributed by atoms with E-state index in [4.69, 9.17) is 14.6 Å². The summed E-state index contributed by atoms with van der Waals surface area (Å²) < 4.78 is 17.0. The number of carbonyl (C=O) groups excluding carboxylic acids is 3. The Morgan fingerprint density at radius 3 is 1.61 bits per heavy atom. The molecule has 0 N–H and O–H groups in total. The SMILES string of the molecule is CC(C)(C)OC(=O)N1CCC2(CCCC2)CC1.CC(C)n1cc(C=O)c(-c2cccc(Br)c2)n1.CC(C)n1cc(CN2CCCC23CCN(C(=O)OC(C)(C)C)CC3)c(-c2cccc(Br)c2)n1. The summed E-state index contributed by atoms with van der Waals surface area (Å²) in [5, 5.41) is 9.42. The van der Waals surface area contributed by atoms with Gasteiger partial charge in [-0.2, -0.15) is 10.2 Å². The molecule has 8 rings (SSSR count). The van der Waals surface area contributed by atoms with Gasteiger partial charge in [-0.15, -0.1) is 0 Å². The lowest BCUT2D eigenvalue weighted by molar-refractivity contribution is 0.00155. The molecule has 67 heavy (non-hydrogen) atoms. The molecule has 12 nitrogen and oxygen atoms in total. The van der Waals surface area contributed by atoms with Crippen LogP contribution in [0.3, 0.4) is 0 Å². The Bertz CT molecular complexity index is 2280. The number of piperidine rings is 2. The van der Waals surface area contributed by atoms with E-state index >= 15 is 0 Å². The normalized spacial score (nSPS) is 18.2. The zero-order valence-electron chi connectivity index (χ0n) is 41.7.